The van der Waals surface area contributed by atoms with Crippen LogP contribution in [0.4, 0.5) is 4.79 Å². The largest absolute Gasteiger partial charge is 0.448 e. The second-order valence-electron chi connectivity index (χ2n) is 4.17. The van der Waals surface area contributed by atoms with Gasteiger partial charge in [0, 0.05) is 13.1 Å². The number of amidine groups is 1. The number of aliphatic imine (C=N–C) groups is 1. The van der Waals surface area contributed by atoms with Crippen LogP contribution < -0.4 is 0 Å². The third-order valence-corrected chi connectivity index (χ3v) is 2.79. The molecular formula is C12H22N2O2. The highest BCUT2D eigenvalue weighted by atomic mass is 16.5. The van der Waals surface area contributed by atoms with Gasteiger partial charge in [0.05, 0.1) is 6.61 Å². The summed E-state index contributed by atoms with van der Waals surface area (Å²) in [5.74, 6) is 0.790. The Morgan fingerprint density at radius 2 is 2.00 bits per heavy atom. The van der Waals surface area contributed by atoms with Crippen LogP contribution in [-0.2, 0) is 4.74 Å². The standard InChI is InChI=1S/C12H22N2O2/c1-3-4-7-10-16-12(15)13-11(2)14-8-5-6-9-14/h3-10H2,1-2H3. The SMILES string of the molecule is CCCCCOC(=O)N=C(C)N1CCCC1. The molecule has 0 atom stereocenters. The molecule has 1 amide bonds. The highest BCUT2D eigenvalue weighted by Crippen LogP contribution is 2.08. The molecule has 92 valence electrons. The molecule has 0 aliphatic carbocycles. The summed E-state index contributed by atoms with van der Waals surface area (Å²) in [5.41, 5.74) is 0. The summed E-state index contributed by atoms with van der Waals surface area (Å²) >= 11 is 0. The molecule has 0 aromatic heterocycles. The molecule has 4 nitrogen and oxygen atoms in total. The summed E-state index contributed by atoms with van der Waals surface area (Å²) < 4.78 is 5.02. The van der Waals surface area contributed by atoms with Gasteiger partial charge in [-0.05, 0) is 26.2 Å². The molecule has 1 aliphatic heterocycles. The van der Waals surface area contributed by atoms with Crippen LogP contribution in [0.1, 0.15) is 46.0 Å². The Bertz CT molecular complexity index is 245. The average molecular weight is 226 g/mol. The molecule has 0 spiro atoms. The van der Waals surface area contributed by atoms with E-state index in [0.29, 0.717) is 6.61 Å². The summed E-state index contributed by atoms with van der Waals surface area (Å²) in [4.78, 5) is 17.4. The van der Waals surface area contributed by atoms with Crippen LogP contribution >= 0.6 is 0 Å². The molecule has 1 fully saturated rings. The van der Waals surface area contributed by atoms with Crippen LogP contribution in [0.3, 0.4) is 0 Å². The molecule has 1 aliphatic rings. The van der Waals surface area contributed by atoms with E-state index in [1.165, 1.54) is 12.8 Å². The van der Waals surface area contributed by atoms with Crippen molar-refractivity contribution in [3.05, 3.63) is 0 Å². The smallest absolute Gasteiger partial charge is 0.435 e. The lowest BCUT2D eigenvalue weighted by Crippen LogP contribution is -2.26. The first-order chi connectivity index (χ1) is 7.74. The number of carbonyl (C=O) groups is 1. The normalized spacial score (nSPS) is 16.6. The van der Waals surface area contributed by atoms with Gasteiger partial charge in [-0.3, -0.25) is 0 Å². The number of unbranched alkanes of at least 4 members (excludes halogenated alkanes) is 2. The number of amides is 1. The predicted molar refractivity (Wildman–Crippen MR) is 64.8 cm³/mol. The Morgan fingerprint density at radius 1 is 1.31 bits per heavy atom. The first-order valence-electron chi connectivity index (χ1n) is 6.21. The highest BCUT2D eigenvalue weighted by molar-refractivity contribution is 5.90. The lowest BCUT2D eigenvalue weighted by atomic mass is 10.3. The lowest BCUT2D eigenvalue weighted by Gasteiger charge is -2.15. The van der Waals surface area contributed by atoms with E-state index in [1.807, 2.05) is 6.92 Å². The zero-order chi connectivity index (χ0) is 11.8. The molecule has 16 heavy (non-hydrogen) atoms. The van der Waals surface area contributed by atoms with E-state index in [-0.39, 0.29) is 0 Å². The maximum absolute atomic E-state index is 11.3. The summed E-state index contributed by atoms with van der Waals surface area (Å²) in [7, 11) is 0. The van der Waals surface area contributed by atoms with Crippen molar-refractivity contribution in [3.63, 3.8) is 0 Å². The molecule has 1 rings (SSSR count). The Morgan fingerprint density at radius 3 is 2.62 bits per heavy atom. The number of carbonyl (C=O) groups excluding carboxylic acids is 1. The third-order valence-electron chi connectivity index (χ3n) is 2.79. The Kier molecular flexibility index (Phi) is 5.90. The van der Waals surface area contributed by atoms with Crippen LogP contribution in [0, 0.1) is 0 Å². The fraction of sp³-hybridized carbons (Fsp3) is 0.833. The second-order valence-corrected chi connectivity index (χ2v) is 4.17. The molecule has 0 radical (unpaired) electrons. The number of ether oxygens (including phenoxy) is 1. The van der Waals surface area contributed by atoms with Crippen molar-refractivity contribution in [2.45, 2.75) is 46.0 Å². The number of nitrogens with zero attached hydrogens (tertiary/aromatic N) is 2. The first-order valence-corrected chi connectivity index (χ1v) is 6.21. The lowest BCUT2D eigenvalue weighted by molar-refractivity contribution is 0.154. The van der Waals surface area contributed by atoms with Gasteiger partial charge in [-0.1, -0.05) is 19.8 Å². The molecule has 0 N–H and O–H groups in total. The number of likely N-dealkylation sites (tertiary alicyclic amines) is 1. The summed E-state index contributed by atoms with van der Waals surface area (Å²) in [5, 5.41) is 0. The van der Waals surface area contributed by atoms with E-state index in [4.69, 9.17) is 4.74 Å². The van der Waals surface area contributed by atoms with E-state index < -0.39 is 6.09 Å². The van der Waals surface area contributed by atoms with E-state index in [0.717, 1.165) is 38.2 Å². The molecule has 4 heteroatoms. The fourth-order valence-electron chi connectivity index (χ4n) is 1.79. The van der Waals surface area contributed by atoms with Crippen molar-refractivity contribution in [1.82, 2.24) is 4.90 Å². The quantitative estimate of drug-likeness (QED) is 0.420. The van der Waals surface area contributed by atoms with Crippen LogP contribution in [0.15, 0.2) is 4.99 Å². The van der Waals surface area contributed by atoms with Gasteiger partial charge in [0.25, 0.3) is 0 Å². The topological polar surface area (TPSA) is 41.9 Å². The Hall–Kier alpha value is -1.06. The summed E-state index contributed by atoms with van der Waals surface area (Å²) in [6.07, 6.45) is 5.10. The summed E-state index contributed by atoms with van der Waals surface area (Å²) in [6, 6.07) is 0. The fourth-order valence-corrected chi connectivity index (χ4v) is 1.79. The van der Waals surface area contributed by atoms with Gasteiger partial charge in [-0.25, -0.2) is 4.79 Å². The molecular weight excluding hydrogens is 204 g/mol. The highest BCUT2D eigenvalue weighted by Gasteiger charge is 2.13. The van der Waals surface area contributed by atoms with Crippen molar-refractivity contribution < 1.29 is 9.53 Å². The molecule has 1 saturated heterocycles. The van der Waals surface area contributed by atoms with Crippen molar-refractivity contribution in [1.29, 1.82) is 0 Å². The minimum absolute atomic E-state index is 0.444. The Balaban J connectivity index is 2.22. The average Bonchev–Trinajstić information content (AvgIpc) is 2.77. The number of hydrogen-bond donors (Lipinski definition) is 0. The van der Waals surface area contributed by atoms with Crippen LogP contribution in [-0.4, -0.2) is 36.5 Å². The van der Waals surface area contributed by atoms with E-state index >= 15 is 0 Å². The van der Waals surface area contributed by atoms with Gasteiger partial charge >= 0.3 is 6.09 Å². The predicted octanol–water partition coefficient (Wildman–Crippen LogP) is 2.83. The minimum atomic E-state index is -0.444. The molecule has 0 unspecified atom stereocenters. The van der Waals surface area contributed by atoms with Crippen molar-refractivity contribution >= 4 is 11.9 Å². The van der Waals surface area contributed by atoms with Gasteiger partial charge in [0.1, 0.15) is 5.84 Å². The first kappa shape index (κ1) is 13.0. The monoisotopic (exact) mass is 226 g/mol. The molecule has 0 aromatic carbocycles. The van der Waals surface area contributed by atoms with E-state index in [2.05, 4.69) is 16.8 Å². The number of rotatable bonds is 4. The Labute approximate surface area is 97.7 Å². The minimum Gasteiger partial charge on any atom is -0.448 e. The zero-order valence-electron chi connectivity index (χ0n) is 10.4. The summed E-state index contributed by atoms with van der Waals surface area (Å²) in [6.45, 7) is 6.51. The second kappa shape index (κ2) is 7.25. The van der Waals surface area contributed by atoms with Crippen molar-refractivity contribution in [2.24, 2.45) is 4.99 Å². The van der Waals surface area contributed by atoms with Gasteiger partial charge in [0.15, 0.2) is 0 Å². The molecule has 1 heterocycles. The van der Waals surface area contributed by atoms with Gasteiger partial charge in [0.2, 0.25) is 0 Å². The molecule has 0 bridgehead atoms. The van der Waals surface area contributed by atoms with Crippen LogP contribution in [0.5, 0.6) is 0 Å². The van der Waals surface area contributed by atoms with Crippen LogP contribution in [0.25, 0.3) is 0 Å². The van der Waals surface area contributed by atoms with Gasteiger partial charge < -0.3 is 9.64 Å². The van der Waals surface area contributed by atoms with Crippen molar-refractivity contribution in [3.8, 4) is 0 Å². The van der Waals surface area contributed by atoms with E-state index in [1.54, 1.807) is 0 Å². The maximum atomic E-state index is 11.3. The third kappa shape index (κ3) is 4.64. The zero-order valence-corrected chi connectivity index (χ0v) is 10.4. The van der Waals surface area contributed by atoms with Gasteiger partial charge in [-0.2, -0.15) is 4.99 Å². The van der Waals surface area contributed by atoms with Crippen molar-refractivity contribution in [2.75, 3.05) is 19.7 Å². The molecule has 0 saturated carbocycles. The number of hydrogen-bond acceptors (Lipinski definition) is 2. The van der Waals surface area contributed by atoms with Crippen LogP contribution in [0.2, 0.25) is 0 Å². The van der Waals surface area contributed by atoms with Gasteiger partial charge in [-0.15, -0.1) is 0 Å². The van der Waals surface area contributed by atoms with E-state index in [9.17, 15) is 4.79 Å². The molecule has 0 aromatic rings. The maximum Gasteiger partial charge on any atom is 0.435 e.